The van der Waals surface area contributed by atoms with Crippen LogP contribution in [0.3, 0.4) is 0 Å². The first-order chi connectivity index (χ1) is 13.5. The maximum absolute atomic E-state index is 12.2. The molecule has 0 bridgehead atoms. The first kappa shape index (κ1) is 19.1. The van der Waals surface area contributed by atoms with Crippen molar-refractivity contribution in [2.75, 3.05) is 5.32 Å². The smallest absolute Gasteiger partial charge is 0.387 e. The highest BCUT2D eigenvalue weighted by atomic mass is 19.3. The normalized spacial score (nSPS) is 10.5. The lowest BCUT2D eigenvalue weighted by Crippen LogP contribution is -2.22. The molecular weight excluding hydrogens is 370 g/mol. The van der Waals surface area contributed by atoms with Gasteiger partial charge >= 0.3 is 6.61 Å². The molecule has 0 spiro atoms. The molecule has 0 saturated carbocycles. The summed E-state index contributed by atoms with van der Waals surface area (Å²) in [6, 6.07) is 15.5. The van der Waals surface area contributed by atoms with Crippen molar-refractivity contribution in [1.29, 1.82) is 0 Å². The van der Waals surface area contributed by atoms with E-state index in [1.54, 1.807) is 48.5 Å². The van der Waals surface area contributed by atoms with Gasteiger partial charge in [0.05, 0.1) is 6.26 Å². The van der Waals surface area contributed by atoms with Crippen LogP contribution in [0.1, 0.15) is 26.5 Å². The van der Waals surface area contributed by atoms with Crippen molar-refractivity contribution in [3.8, 4) is 5.75 Å². The summed E-state index contributed by atoms with van der Waals surface area (Å²) in [5.74, 6) is -0.456. The lowest BCUT2D eigenvalue weighted by Gasteiger charge is -2.08. The molecule has 0 atom stereocenters. The highest BCUT2D eigenvalue weighted by Gasteiger charge is 2.10. The average Bonchev–Trinajstić information content (AvgIpc) is 3.22. The van der Waals surface area contributed by atoms with Gasteiger partial charge in [-0.2, -0.15) is 8.78 Å². The predicted molar refractivity (Wildman–Crippen MR) is 97.3 cm³/mol. The van der Waals surface area contributed by atoms with Crippen molar-refractivity contribution >= 4 is 17.5 Å². The number of amides is 2. The predicted octanol–water partition coefficient (Wildman–Crippen LogP) is 4.06. The van der Waals surface area contributed by atoms with Crippen molar-refractivity contribution < 1.29 is 27.5 Å². The van der Waals surface area contributed by atoms with Gasteiger partial charge in [-0.15, -0.1) is 0 Å². The van der Waals surface area contributed by atoms with Gasteiger partial charge in [0.25, 0.3) is 11.8 Å². The van der Waals surface area contributed by atoms with Gasteiger partial charge in [0, 0.05) is 17.8 Å². The quantitative estimate of drug-likeness (QED) is 0.642. The van der Waals surface area contributed by atoms with Crippen molar-refractivity contribution in [3.63, 3.8) is 0 Å². The number of furan rings is 1. The first-order valence-corrected chi connectivity index (χ1v) is 8.28. The number of halogens is 2. The Bertz CT molecular complexity index is 924. The van der Waals surface area contributed by atoms with Crippen LogP contribution >= 0.6 is 0 Å². The monoisotopic (exact) mass is 386 g/mol. The number of benzene rings is 2. The molecule has 0 saturated heterocycles. The Morgan fingerprint density at radius 3 is 2.29 bits per heavy atom. The van der Waals surface area contributed by atoms with E-state index in [4.69, 9.17) is 4.42 Å². The zero-order valence-corrected chi connectivity index (χ0v) is 14.5. The Morgan fingerprint density at radius 2 is 1.68 bits per heavy atom. The van der Waals surface area contributed by atoms with Crippen LogP contribution in [0.15, 0.2) is 71.3 Å². The minimum absolute atomic E-state index is 0.0530. The molecular formula is C20H16F2N2O4. The molecule has 144 valence electrons. The van der Waals surface area contributed by atoms with Gasteiger partial charge < -0.3 is 19.8 Å². The minimum Gasteiger partial charge on any atom is -0.459 e. The van der Waals surface area contributed by atoms with Crippen LogP contribution in [0.5, 0.6) is 5.75 Å². The van der Waals surface area contributed by atoms with E-state index in [0.29, 0.717) is 11.3 Å². The number of alkyl halides is 2. The third-order valence-corrected chi connectivity index (χ3v) is 3.75. The van der Waals surface area contributed by atoms with E-state index in [1.165, 1.54) is 18.4 Å². The van der Waals surface area contributed by atoms with Gasteiger partial charge in [0.2, 0.25) is 0 Å². The van der Waals surface area contributed by atoms with E-state index in [1.807, 2.05) is 0 Å². The van der Waals surface area contributed by atoms with Crippen LogP contribution in [0.25, 0.3) is 0 Å². The first-order valence-electron chi connectivity index (χ1n) is 8.28. The van der Waals surface area contributed by atoms with E-state index in [-0.39, 0.29) is 29.9 Å². The molecule has 8 heteroatoms. The summed E-state index contributed by atoms with van der Waals surface area (Å²) in [6.07, 6.45) is 1.40. The maximum Gasteiger partial charge on any atom is 0.387 e. The third kappa shape index (κ3) is 5.16. The number of carbonyl (C=O) groups excluding carboxylic acids is 2. The second kappa shape index (κ2) is 8.81. The van der Waals surface area contributed by atoms with Crippen molar-refractivity contribution in [1.82, 2.24) is 5.32 Å². The van der Waals surface area contributed by atoms with Crippen molar-refractivity contribution in [2.24, 2.45) is 0 Å². The van der Waals surface area contributed by atoms with E-state index in [9.17, 15) is 18.4 Å². The SMILES string of the molecule is O=C(NCc1ccc(OC(F)F)cc1)c1ccc(NC(=O)c2ccco2)cc1. The Hall–Kier alpha value is -3.68. The Morgan fingerprint density at radius 1 is 0.964 bits per heavy atom. The summed E-state index contributed by atoms with van der Waals surface area (Å²) in [6.45, 7) is -2.65. The lowest BCUT2D eigenvalue weighted by molar-refractivity contribution is -0.0498. The molecule has 3 rings (SSSR count). The Balaban J connectivity index is 1.52. The highest BCUT2D eigenvalue weighted by Crippen LogP contribution is 2.15. The second-order valence-electron chi connectivity index (χ2n) is 5.71. The summed E-state index contributed by atoms with van der Waals surface area (Å²) in [4.78, 5) is 24.1. The summed E-state index contributed by atoms with van der Waals surface area (Å²) in [5.41, 5.74) is 1.67. The second-order valence-corrected chi connectivity index (χ2v) is 5.71. The molecule has 3 aromatic rings. The number of rotatable bonds is 7. The van der Waals surface area contributed by atoms with Crippen molar-refractivity contribution in [3.05, 3.63) is 83.8 Å². The summed E-state index contributed by atoms with van der Waals surface area (Å²) >= 11 is 0. The molecule has 2 N–H and O–H groups in total. The van der Waals surface area contributed by atoms with Crippen LogP contribution in [0, 0.1) is 0 Å². The average molecular weight is 386 g/mol. The number of hydrogen-bond acceptors (Lipinski definition) is 4. The number of carbonyl (C=O) groups is 2. The van der Waals surface area contributed by atoms with Crippen LogP contribution in [0.4, 0.5) is 14.5 Å². The number of hydrogen-bond donors (Lipinski definition) is 2. The van der Waals surface area contributed by atoms with Gasteiger partial charge in [0.15, 0.2) is 5.76 Å². The van der Waals surface area contributed by atoms with E-state index in [0.717, 1.165) is 5.56 Å². The molecule has 0 unspecified atom stereocenters. The number of ether oxygens (including phenoxy) is 1. The Kier molecular flexibility index (Phi) is 6.01. The standard InChI is InChI=1S/C20H16F2N2O4/c21-20(22)28-16-9-3-13(4-10-16)12-23-18(25)14-5-7-15(8-6-14)24-19(26)17-2-1-11-27-17/h1-11,20H,12H2,(H,23,25)(H,24,26). The fourth-order valence-electron chi connectivity index (χ4n) is 2.38. The van der Waals surface area contributed by atoms with E-state index >= 15 is 0 Å². The van der Waals surface area contributed by atoms with E-state index < -0.39 is 6.61 Å². The molecule has 2 amide bonds. The van der Waals surface area contributed by atoms with Gasteiger partial charge in [-0.25, -0.2) is 0 Å². The van der Waals surface area contributed by atoms with Gasteiger partial charge in [-0.1, -0.05) is 12.1 Å². The van der Waals surface area contributed by atoms with Crippen LogP contribution < -0.4 is 15.4 Å². The Labute approximate surface area is 159 Å². The van der Waals surface area contributed by atoms with E-state index in [2.05, 4.69) is 15.4 Å². The molecule has 28 heavy (non-hydrogen) atoms. The largest absolute Gasteiger partial charge is 0.459 e. The third-order valence-electron chi connectivity index (χ3n) is 3.75. The molecule has 0 radical (unpaired) electrons. The molecule has 0 aliphatic heterocycles. The molecule has 0 aliphatic rings. The van der Waals surface area contributed by atoms with Crippen LogP contribution in [-0.4, -0.2) is 18.4 Å². The topological polar surface area (TPSA) is 80.6 Å². The highest BCUT2D eigenvalue weighted by molar-refractivity contribution is 6.02. The number of nitrogens with one attached hydrogen (secondary N) is 2. The molecule has 1 heterocycles. The fourth-order valence-corrected chi connectivity index (χ4v) is 2.38. The number of anilines is 1. The zero-order chi connectivity index (χ0) is 19.9. The van der Waals surface area contributed by atoms with Crippen LogP contribution in [0.2, 0.25) is 0 Å². The van der Waals surface area contributed by atoms with Gasteiger partial charge in [-0.3, -0.25) is 9.59 Å². The molecule has 6 nitrogen and oxygen atoms in total. The van der Waals surface area contributed by atoms with Gasteiger partial charge in [-0.05, 0) is 54.1 Å². The van der Waals surface area contributed by atoms with Crippen molar-refractivity contribution in [2.45, 2.75) is 13.2 Å². The molecule has 0 aliphatic carbocycles. The molecule has 2 aromatic carbocycles. The summed E-state index contributed by atoms with van der Waals surface area (Å²) in [7, 11) is 0. The molecule has 0 fully saturated rings. The summed E-state index contributed by atoms with van der Waals surface area (Å²) in [5, 5.41) is 5.39. The fraction of sp³-hybridized carbons (Fsp3) is 0.100. The minimum atomic E-state index is -2.88. The maximum atomic E-state index is 12.2. The zero-order valence-electron chi connectivity index (χ0n) is 14.5. The molecule has 1 aromatic heterocycles. The summed E-state index contributed by atoms with van der Waals surface area (Å²) < 4.78 is 33.5. The lowest BCUT2D eigenvalue weighted by atomic mass is 10.1. The van der Waals surface area contributed by atoms with Crippen LogP contribution in [-0.2, 0) is 6.54 Å². The van der Waals surface area contributed by atoms with Gasteiger partial charge in [0.1, 0.15) is 5.75 Å².